The van der Waals surface area contributed by atoms with E-state index in [4.69, 9.17) is 0 Å². The van der Waals surface area contributed by atoms with E-state index >= 15 is 0 Å². The molecule has 0 aliphatic carbocycles. The third-order valence-corrected chi connectivity index (χ3v) is 1.43. The van der Waals surface area contributed by atoms with E-state index in [1.807, 2.05) is 0 Å². The molecule has 0 saturated carbocycles. The minimum Gasteiger partial charge on any atom is -0.236 e. The molecule has 56 valence electrons. The second-order valence-corrected chi connectivity index (χ2v) is 2.74. The standard InChI is InChI=1S/C4H6F4S/c1-3(5)9-2-4(6,7)8/h3H,2H2,1H3. The third kappa shape index (κ3) is 8.07. The second kappa shape index (κ2) is 3.29. The summed E-state index contributed by atoms with van der Waals surface area (Å²) in [7, 11) is 0. The van der Waals surface area contributed by atoms with Crippen LogP contribution in [0, 0.1) is 0 Å². The lowest BCUT2D eigenvalue weighted by atomic mass is 10.8. The first-order valence-corrected chi connectivity index (χ1v) is 3.29. The quantitative estimate of drug-likeness (QED) is 0.562. The Morgan fingerprint density at radius 1 is 1.44 bits per heavy atom. The minimum absolute atomic E-state index is 0.247. The molecule has 0 aliphatic rings. The lowest BCUT2D eigenvalue weighted by molar-refractivity contribution is -0.105. The van der Waals surface area contributed by atoms with Crippen LogP contribution in [-0.4, -0.2) is 17.4 Å². The summed E-state index contributed by atoms with van der Waals surface area (Å²) in [4.78, 5) is 0. The maximum absolute atomic E-state index is 11.7. The van der Waals surface area contributed by atoms with E-state index < -0.39 is 17.4 Å². The van der Waals surface area contributed by atoms with Gasteiger partial charge in [0, 0.05) is 0 Å². The summed E-state index contributed by atoms with van der Waals surface area (Å²) in [6, 6.07) is 0. The monoisotopic (exact) mass is 162 g/mol. The lowest BCUT2D eigenvalue weighted by Crippen LogP contribution is -2.12. The molecule has 0 aliphatic heterocycles. The molecule has 0 spiro atoms. The Kier molecular flexibility index (Phi) is 3.32. The number of hydrogen-bond donors (Lipinski definition) is 0. The first-order chi connectivity index (χ1) is 3.92. The van der Waals surface area contributed by atoms with Crippen molar-refractivity contribution in [2.24, 2.45) is 0 Å². The molecule has 0 aromatic heterocycles. The predicted molar refractivity (Wildman–Crippen MR) is 29.1 cm³/mol. The molecule has 1 atom stereocenters. The molecule has 0 aromatic rings. The van der Waals surface area contributed by atoms with E-state index in [2.05, 4.69) is 0 Å². The summed E-state index contributed by atoms with van der Waals surface area (Å²) in [5.74, 6) is -1.11. The Morgan fingerprint density at radius 2 is 1.89 bits per heavy atom. The van der Waals surface area contributed by atoms with E-state index in [-0.39, 0.29) is 11.8 Å². The van der Waals surface area contributed by atoms with Crippen LogP contribution in [0.1, 0.15) is 6.92 Å². The lowest BCUT2D eigenvalue weighted by Gasteiger charge is -2.04. The smallest absolute Gasteiger partial charge is 0.236 e. The van der Waals surface area contributed by atoms with Crippen molar-refractivity contribution in [2.45, 2.75) is 18.6 Å². The fourth-order valence-corrected chi connectivity index (χ4v) is 0.628. The van der Waals surface area contributed by atoms with Gasteiger partial charge in [-0.2, -0.15) is 13.2 Å². The molecule has 0 bridgehead atoms. The van der Waals surface area contributed by atoms with E-state index in [9.17, 15) is 17.6 Å². The number of halogens is 4. The summed E-state index contributed by atoms with van der Waals surface area (Å²) < 4.78 is 45.4. The Balaban J connectivity index is 3.28. The third-order valence-electron chi connectivity index (χ3n) is 0.477. The average Bonchev–Trinajstić information content (AvgIpc) is 1.59. The van der Waals surface area contributed by atoms with Crippen molar-refractivity contribution < 1.29 is 17.6 Å². The molecule has 0 amide bonds. The van der Waals surface area contributed by atoms with Crippen molar-refractivity contribution in [2.75, 3.05) is 5.75 Å². The zero-order chi connectivity index (χ0) is 7.49. The summed E-state index contributed by atoms with van der Waals surface area (Å²) in [6.45, 7) is 1.08. The normalized spacial score (nSPS) is 15.7. The van der Waals surface area contributed by atoms with Gasteiger partial charge in [-0.3, -0.25) is 0 Å². The van der Waals surface area contributed by atoms with Crippen molar-refractivity contribution in [3.63, 3.8) is 0 Å². The number of thioether (sulfide) groups is 1. The highest BCUT2D eigenvalue weighted by atomic mass is 32.2. The molecule has 0 fully saturated rings. The Labute approximate surface area is 54.6 Å². The van der Waals surface area contributed by atoms with Crippen LogP contribution in [0.4, 0.5) is 17.6 Å². The van der Waals surface area contributed by atoms with Crippen molar-refractivity contribution in [1.29, 1.82) is 0 Å². The Morgan fingerprint density at radius 3 is 2.00 bits per heavy atom. The van der Waals surface area contributed by atoms with Gasteiger partial charge in [-0.15, -0.1) is 11.8 Å². The molecule has 0 nitrogen and oxygen atoms in total. The number of rotatable bonds is 2. The summed E-state index contributed by atoms with van der Waals surface area (Å²) >= 11 is 0.247. The number of hydrogen-bond acceptors (Lipinski definition) is 1. The second-order valence-electron chi connectivity index (χ2n) is 1.47. The van der Waals surface area contributed by atoms with Gasteiger partial charge < -0.3 is 0 Å². The van der Waals surface area contributed by atoms with Crippen molar-refractivity contribution >= 4 is 11.8 Å². The topological polar surface area (TPSA) is 0 Å². The van der Waals surface area contributed by atoms with Gasteiger partial charge in [0.1, 0.15) is 5.50 Å². The van der Waals surface area contributed by atoms with Crippen LogP contribution in [0.3, 0.4) is 0 Å². The van der Waals surface area contributed by atoms with E-state index in [0.29, 0.717) is 0 Å². The van der Waals surface area contributed by atoms with Crippen LogP contribution in [0.15, 0.2) is 0 Å². The van der Waals surface area contributed by atoms with E-state index in [0.717, 1.165) is 6.92 Å². The average molecular weight is 162 g/mol. The summed E-state index contributed by atoms with van der Waals surface area (Å²) in [5, 5.41) is 0. The van der Waals surface area contributed by atoms with Gasteiger partial charge >= 0.3 is 6.18 Å². The molecule has 1 unspecified atom stereocenters. The molecule has 0 rings (SSSR count). The molecular formula is C4H6F4S. The van der Waals surface area contributed by atoms with Crippen molar-refractivity contribution in [1.82, 2.24) is 0 Å². The SMILES string of the molecule is CC(F)SCC(F)(F)F. The largest absolute Gasteiger partial charge is 0.397 e. The van der Waals surface area contributed by atoms with Crippen LogP contribution in [0.5, 0.6) is 0 Å². The molecule has 0 saturated heterocycles. The predicted octanol–water partition coefficient (Wildman–Crippen LogP) is 2.60. The zero-order valence-electron chi connectivity index (χ0n) is 4.70. The van der Waals surface area contributed by atoms with Gasteiger partial charge in [0.05, 0.1) is 5.75 Å². The highest BCUT2D eigenvalue weighted by Gasteiger charge is 2.27. The van der Waals surface area contributed by atoms with Crippen molar-refractivity contribution in [3.05, 3.63) is 0 Å². The summed E-state index contributed by atoms with van der Waals surface area (Å²) in [5.41, 5.74) is -1.44. The number of alkyl halides is 4. The van der Waals surface area contributed by atoms with Gasteiger partial charge in [0.2, 0.25) is 0 Å². The van der Waals surface area contributed by atoms with Gasteiger partial charge in [-0.25, -0.2) is 4.39 Å². The fraction of sp³-hybridized carbons (Fsp3) is 1.00. The first-order valence-electron chi connectivity index (χ1n) is 2.24. The molecule has 5 heteroatoms. The van der Waals surface area contributed by atoms with Crippen LogP contribution in [-0.2, 0) is 0 Å². The Bertz CT molecular complexity index is 77.1. The maximum atomic E-state index is 11.7. The van der Waals surface area contributed by atoms with E-state index in [1.54, 1.807) is 0 Å². The molecule has 0 N–H and O–H groups in total. The maximum Gasteiger partial charge on any atom is 0.397 e. The van der Waals surface area contributed by atoms with Crippen LogP contribution in [0.2, 0.25) is 0 Å². The first kappa shape index (κ1) is 9.07. The van der Waals surface area contributed by atoms with Gasteiger partial charge in [-0.1, -0.05) is 0 Å². The van der Waals surface area contributed by atoms with Crippen LogP contribution >= 0.6 is 11.8 Å². The molecular weight excluding hydrogens is 156 g/mol. The van der Waals surface area contributed by atoms with Crippen molar-refractivity contribution in [3.8, 4) is 0 Å². The highest BCUT2D eigenvalue weighted by Crippen LogP contribution is 2.24. The van der Waals surface area contributed by atoms with Gasteiger partial charge in [-0.05, 0) is 6.92 Å². The Hall–Kier alpha value is 0.0700. The van der Waals surface area contributed by atoms with Gasteiger partial charge in [0.15, 0.2) is 0 Å². The molecule has 0 aromatic carbocycles. The van der Waals surface area contributed by atoms with Gasteiger partial charge in [0.25, 0.3) is 0 Å². The molecule has 0 radical (unpaired) electrons. The summed E-state index contributed by atoms with van der Waals surface area (Å²) in [6.07, 6.45) is -4.25. The fourth-order valence-electron chi connectivity index (χ4n) is 0.209. The van der Waals surface area contributed by atoms with E-state index in [1.165, 1.54) is 0 Å². The zero-order valence-corrected chi connectivity index (χ0v) is 5.52. The minimum atomic E-state index is -4.25. The highest BCUT2D eigenvalue weighted by molar-refractivity contribution is 7.99. The molecule has 9 heavy (non-hydrogen) atoms. The van der Waals surface area contributed by atoms with Crippen LogP contribution < -0.4 is 0 Å². The van der Waals surface area contributed by atoms with Crippen LogP contribution in [0.25, 0.3) is 0 Å². The molecule has 0 heterocycles.